The summed E-state index contributed by atoms with van der Waals surface area (Å²) in [5, 5.41) is 0. The number of aliphatic imine (C=N–C) groups is 1. The molecule has 0 atom stereocenters. The number of hydrogen-bond donors (Lipinski definition) is 0. The van der Waals surface area contributed by atoms with Crippen molar-refractivity contribution >= 4 is 5.71 Å². The molecule has 1 nitrogen and oxygen atoms in total. The number of allylic oxidation sites excluding steroid dienone is 18. The monoisotopic (exact) mass is 728 g/mol. The van der Waals surface area contributed by atoms with E-state index in [1.807, 2.05) is 95.2 Å². The third-order valence-electron chi connectivity index (χ3n) is 4.85. The van der Waals surface area contributed by atoms with Crippen LogP contribution in [0.15, 0.2) is 113 Å². The molecular weight excluding hydrogens is 627 g/mol. The van der Waals surface area contributed by atoms with E-state index in [9.17, 15) is 0 Å². The third-order valence-corrected chi connectivity index (χ3v) is 4.85. The van der Waals surface area contributed by atoms with Gasteiger partial charge in [-0.15, -0.1) is 0 Å². The van der Waals surface area contributed by atoms with Crippen LogP contribution in [0.2, 0.25) is 0 Å². The summed E-state index contributed by atoms with van der Waals surface area (Å²) in [6, 6.07) is 0. The van der Waals surface area contributed by atoms with E-state index >= 15 is 0 Å². The van der Waals surface area contributed by atoms with Gasteiger partial charge in [0.25, 0.3) is 0 Å². The first-order valence-electron chi connectivity index (χ1n) is 21.8. The largest absolute Gasteiger partial charge is 0.298 e. The minimum absolute atomic E-state index is 1.11. The van der Waals surface area contributed by atoms with Gasteiger partial charge in [0.1, 0.15) is 0 Å². The maximum atomic E-state index is 3.81. The third kappa shape index (κ3) is 91.5. The number of hydrogen-bond acceptors (Lipinski definition) is 1. The highest BCUT2D eigenvalue weighted by atomic mass is 14.7. The first-order chi connectivity index (χ1) is 25.3. The molecule has 0 aromatic rings. The van der Waals surface area contributed by atoms with Gasteiger partial charge in [0, 0.05) is 12.8 Å². The summed E-state index contributed by atoms with van der Waals surface area (Å²) < 4.78 is 0. The Kier molecular flexibility index (Phi) is 118. The van der Waals surface area contributed by atoms with Gasteiger partial charge >= 0.3 is 0 Å². The van der Waals surface area contributed by atoms with Crippen LogP contribution in [-0.4, -0.2) is 12.8 Å². The van der Waals surface area contributed by atoms with Crippen molar-refractivity contribution in [1.29, 1.82) is 0 Å². The fraction of sp³-hybridized carbons (Fsp3) is 0.627. The first-order valence-corrected chi connectivity index (χ1v) is 21.8. The molecule has 0 radical (unpaired) electrons. The lowest BCUT2D eigenvalue weighted by Gasteiger charge is -2.08. The average molecular weight is 728 g/mol. The van der Waals surface area contributed by atoms with Gasteiger partial charge in [-0.05, 0) is 70.4 Å². The Morgan fingerprint density at radius 1 is 0.615 bits per heavy atom. The second-order valence-corrected chi connectivity index (χ2v) is 10.3. The Labute approximate surface area is 334 Å². The van der Waals surface area contributed by atoms with Crippen molar-refractivity contribution in [2.45, 2.75) is 210 Å². The van der Waals surface area contributed by atoms with Gasteiger partial charge in [-0.3, -0.25) is 4.99 Å². The predicted molar refractivity (Wildman–Crippen MR) is 258 cm³/mol. The molecule has 0 spiro atoms. The van der Waals surface area contributed by atoms with E-state index in [1.165, 1.54) is 74.5 Å². The second-order valence-electron chi connectivity index (χ2n) is 10.3. The van der Waals surface area contributed by atoms with Crippen molar-refractivity contribution in [3.63, 3.8) is 0 Å². The average Bonchev–Trinajstić information content (AvgIpc) is 3.92. The molecule has 0 amide bonds. The molecule has 3 aliphatic carbocycles. The zero-order chi connectivity index (χ0) is 42.7. The van der Waals surface area contributed by atoms with Crippen LogP contribution in [-0.2, 0) is 0 Å². The molecule has 0 saturated heterocycles. The number of unbranched alkanes of at least 4 members (excludes halogenated alkanes) is 1. The van der Waals surface area contributed by atoms with E-state index in [0.29, 0.717) is 0 Å². The molecule has 0 bridgehead atoms. The van der Waals surface area contributed by atoms with Crippen LogP contribution >= 0.6 is 0 Å². The van der Waals surface area contributed by atoms with Crippen LogP contribution in [0.5, 0.6) is 0 Å². The lowest BCUT2D eigenvalue weighted by molar-refractivity contribution is 0.712. The SMILES string of the molecule is C/C=C\CCC.C1=CC(=CC2=CCCCC2)C=C1.CC.CC.CC.CC.CC.CC/C=C/C=C1C=CC=C1.CCC.CCC.CCC.CN=C(C)C. The minimum Gasteiger partial charge on any atom is -0.298 e. The van der Waals surface area contributed by atoms with Crippen LogP contribution in [0, 0.1) is 0 Å². The van der Waals surface area contributed by atoms with Gasteiger partial charge in [0.15, 0.2) is 0 Å². The van der Waals surface area contributed by atoms with Crippen LogP contribution in [0.25, 0.3) is 0 Å². The summed E-state index contributed by atoms with van der Waals surface area (Å²) in [5.41, 5.74) is 5.28. The molecule has 1 heteroatoms. The number of rotatable bonds is 5. The maximum Gasteiger partial charge on any atom is 0.0276 e. The van der Waals surface area contributed by atoms with Crippen molar-refractivity contribution in [3.8, 4) is 0 Å². The molecule has 0 aromatic carbocycles. The zero-order valence-electron chi connectivity index (χ0n) is 40.2. The summed E-state index contributed by atoms with van der Waals surface area (Å²) in [5.74, 6) is 0. The molecular formula is C51H101N. The smallest absolute Gasteiger partial charge is 0.0276 e. The Hall–Kier alpha value is -2.67. The van der Waals surface area contributed by atoms with Crippen molar-refractivity contribution in [2.75, 3.05) is 7.05 Å². The van der Waals surface area contributed by atoms with Crippen LogP contribution < -0.4 is 0 Å². The second kappa shape index (κ2) is 86.7. The molecule has 0 fully saturated rings. The van der Waals surface area contributed by atoms with E-state index in [0.717, 1.165) is 12.1 Å². The summed E-state index contributed by atoms with van der Waals surface area (Å²) in [4.78, 5) is 3.81. The fourth-order valence-electron chi connectivity index (χ4n) is 2.84. The first kappa shape index (κ1) is 70.8. The molecule has 310 valence electrons. The molecule has 0 aliphatic heterocycles. The van der Waals surface area contributed by atoms with E-state index in [4.69, 9.17) is 0 Å². The molecule has 0 unspecified atom stereocenters. The van der Waals surface area contributed by atoms with Crippen molar-refractivity contribution in [1.82, 2.24) is 0 Å². The molecule has 0 N–H and O–H groups in total. The summed E-state index contributed by atoms with van der Waals surface area (Å²) in [6.07, 6.45) is 44.7. The molecule has 0 saturated carbocycles. The summed E-state index contributed by atoms with van der Waals surface area (Å²) >= 11 is 0. The molecule has 52 heavy (non-hydrogen) atoms. The lowest BCUT2D eigenvalue weighted by atomic mass is 9.98. The van der Waals surface area contributed by atoms with E-state index in [2.05, 4.69) is 146 Å². The minimum atomic E-state index is 1.11. The van der Waals surface area contributed by atoms with Crippen LogP contribution in [0.4, 0.5) is 0 Å². The van der Waals surface area contributed by atoms with Gasteiger partial charge in [0.05, 0.1) is 0 Å². The highest BCUT2D eigenvalue weighted by Crippen LogP contribution is 2.21. The molecule has 3 aliphatic rings. The van der Waals surface area contributed by atoms with Crippen molar-refractivity contribution < 1.29 is 0 Å². The van der Waals surface area contributed by atoms with Crippen molar-refractivity contribution in [3.05, 3.63) is 108 Å². The fourth-order valence-corrected chi connectivity index (χ4v) is 2.84. The predicted octanol–water partition coefficient (Wildman–Crippen LogP) is 19.4. The standard InChI is InChI=1S/C12H14.C10H12.C6H12.C4H9N.3C3H8.5C2H6/c1-2-6-11(7-3-1)10-12-8-4-5-9-12;1-2-3-4-7-10-8-5-6-9-10;1-3-5-6-4-2;1-4(2)5-3;3*1-3-2;5*1-2/h4-6,8-10H,1-3,7H2;3-9H,2H2,1H3;3,5H,4,6H2,1-2H3;1-3H3;3*3H2,1-2H3;5*1-2H3/b;4-3+;5-3-;;;;;;;;;. The van der Waals surface area contributed by atoms with Crippen molar-refractivity contribution in [2.24, 2.45) is 4.99 Å². The van der Waals surface area contributed by atoms with Gasteiger partial charge in [-0.25, -0.2) is 0 Å². The van der Waals surface area contributed by atoms with Crippen LogP contribution in [0.1, 0.15) is 210 Å². The van der Waals surface area contributed by atoms with E-state index in [1.54, 1.807) is 7.05 Å². The molecule has 3 rings (SSSR count). The van der Waals surface area contributed by atoms with E-state index < -0.39 is 0 Å². The lowest BCUT2D eigenvalue weighted by Crippen LogP contribution is -1.88. The van der Waals surface area contributed by atoms with Gasteiger partial charge in [0.2, 0.25) is 0 Å². The topological polar surface area (TPSA) is 12.4 Å². The maximum absolute atomic E-state index is 3.81. The Morgan fingerprint density at radius 3 is 1.27 bits per heavy atom. The van der Waals surface area contributed by atoms with Gasteiger partial charge in [-0.1, -0.05) is 247 Å². The van der Waals surface area contributed by atoms with Gasteiger partial charge in [-0.2, -0.15) is 0 Å². The molecule has 0 heterocycles. The Balaban J connectivity index is -0.0000000602. The van der Waals surface area contributed by atoms with E-state index in [-0.39, 0.29) is 0 Å². The highest BCUT2D eigenvalue weighted by molar-refractivity contribution is 5.78. The Bertz CT molecular complexity index is 811. The molecule has 0 aromatic heterocycles. The highest BCUT2D eigenvalue weighted by Gasteiger charge is 2.01. The van der Waals surface area contributed by atoms with Gasteiger partial charge < -0.3 is 0 Å². The zero-order valence-corrected chi connectivity index (χ0v) is 40.2. The van der Waals surface area contributed by atoms with Crippen LogP contribution in [0.3, 0.4) is 0 Å². The Morgan fingerprint density at radius 2 is 1.00 bits per heavy atom. The quantitative estimate of drug-likeness (QED) is 0.197. The normalized spacial score (nSPS) is 11.4. The summed E-state index contributed by atoms with van der Waals surface area (Å²) in [6.45, 7) is 43.1. The number of nitrogens with zero attached hydrogens (tertiary/aromatic N) is 1. The summed E-state index contributed by atoms with van der Waals surface area (Å²) in [7, 11) is 1.79.